The summed E-state index contributed by atoms with van der Waals surface area (Å²) in [5.74, 6) is -12.6. The minimum atomic E-state index is -1.53. The predicted molar refractivity (Wildman–Crippen MR) is 267 cm³/mol. The van der Waals surface area contributed by atoms with E-state index in [2.05, 4.69) is 22.9 Å². The van der Waals surface area contributed by atoms with Crippen LogP contribution in [-0.4, -0.2) is 109 Å². The van der Waals surface area contributed by atoms with Crippen molar-refractivity contribution in [3.63, 3.8) is 0 Å². The molecule has 0 fully saturated rings. The smallest absolute Gasteiger partial charge is 0.326 e. The van der Waals surface area contributed by atoms with E-state index in [0.717, 1.165) is 12.8 Å². The van der Waals surface area contributed by atoms with Crippen LogP contribution in [0.25, 0.3) is 0 Å². The number of carbonyl (C=O) groups excluding carboxylic acids is 6. The monoisotopic (exact) mass is 1010 g/mol. The normalized spacial score (nSPS) is 12.9. The second kappa shape index (κ2) is 43.4. The number of hydrogen-bond donors (Lipinski definition) is 9. The summed E-state index contributed by atoms with van der Waals surface area (Å²) < 4.78 is 0. The number of unbranched alkanes of at least 4 members (excludes halogenated alkanes) is 17. The minimum Gasteiger partial charge on any atom is -0.481 e. The molecule has 4 amide bonds. The van der Waals surface area contributed by atoms with E-state index in [0.29, 0.717) is 32.2 Å². The molecule has 5 atom stereocenters. The Morgan fingerprint density at radius 1 is 0.451 bits per heavy atom. The molecule has 0 heterocycles. The van der Waals surface area contributed by atoms with Crippen LogP contribution < -0.4 is 21.7 Å². The molecule has 0 aromatic heterocycles. The number of carboxylic acids is 5. The van der Waals surface area contributed by atoms with Crippen molar-refractivity contribution in [1.82, 2.24) is 16.0 Å². The number of aliphatic carboxylic acids is 5. The third-order valence-electron chi connectivity index (χ3n) is 12.2. The predicted octanol–water partition coefficient (Wildman–Crippen LogP) is 7.35. The van der Waals surface area contributed by atoms with Gasteiger partial charge < -0.3 is 52.0 Å². The Balaban J connectivity index is -0.00000173. The first-order valence-electron chi connectivity index (χ1n) is 25.9. The molecule has 0 aliphatic carbocycles. The second-order valence-electron chi connectivity index (χ2n) is 18.7. The van der Waals surface area contributed by atoms with E-state index < -0.39 is 115 Å². The van der Waals surface area contributed by atoms with Crippen molar-refractivity contribution < 1.29 is 79.7 Å². The number of ketones is 2. The Morgan fingerprint density at radius 3 is 1.23 bits per heavy atom. The molecule has 0 aliphatic heterocycles. The van der Waals surface area contributed by atoms with Gasteiger partial charge in [-0.3, -0.25) is 38.4 Å². The van der Waals surface area contributed by atoms with Gasteiger partial charge in [0.05, 0.1) is 11.8 Å². The van der Waals surface area contributed by atoms with Crippen LogP contribution >= 0.6 is 0 Å². The number of Topliss-reactive ketones (excluding diaryl/α,β-unsaturated/α-hetero) is 2. The lowest BCUT2D eigenvalue weighted by Gasteiger charge is -2.17. The quantitative estimate of drug-likeness (QED) is 0.0269. The standard InChI is InChI=1S/C31H48N4O14.C20H40O2.H2/c1-17(27(32)41)5-3-4-14-33-24(38)13-10-23(31(48)49)35-26(40)12-7-20(29(44)45)16-21(37)8-9-22(30(46)47)34-25(39)11-6-19(28(42)43)15-18(2)36;1-2-3-4-5-6-7-8-9-10-11-12-13-14-15-16-17-18-19-20(21)22;/h17,19-20,22-23H,3-16H2,1-2H3,(H2,32,41)(H,33,38)(H,34,39)(H,35,40)(H,42,43)(H,44,45)(H,46,47)(H,48,49);2-19H2,1H3,(H,21,22);1H/t17-,19+,20+,22-,23-;;/m0../s1. The zero-order valence-electron chi connectivity index (χ0n) is 42.8. The zero-order chi connectivity index (χ0) is 54.0. The molecule has 20 heteroatoms. The van der Waals surface area contributed by atoms with Crippen molar-refractivity contribution in [3.8, 4) is 0 Å². The molecule has 0 aliphatic rings. The molecule has 0 bridgehead atoms. The Kier molecular flexibility index (Phi) is 41.3. The fraction of sp³-hybridized carbons (Fsp3) is 0.784. The highest BCUT2D eigenvalue weighted by atomic mass is 16.4. The number of hydrogen-bond acceptors (Lipinski definition) is 11. The summed E-state index contributed by atoms with van der Waals surface area (Å²) in [6, 6.07) is -2.97. The van der Waals surface area contributed by atoms with Crippen molar-refractivity contribution in [2.24, 2.45) is 23.5 Å². The number of carbonyl (C=O) groups is 11. The molecular weight excluding hydrogens is 925 g/mol. The lowest BCUT2D eigenvalue weighted by Crippen LogP contribution is -2.42. The van der Waals surface area contributed by atoms with Gasteiger partial charge in [0.2, 0.25) is 23.6 Å². The molecule has 0 aromatic rings. The van der Waals surface area contributed by atoms with Crippen molar-refractivity contribution in [1.29, 1.82) is 0 Å². The molecular formula is C51H90N4O16. The van der Waals surface area contributed by atoms with E-state index in [1.54, 1.807) is 6.92 Å². The Hall–Kier alpha value is -5.43. The van der Waals surface area contributed by atoms with Gasteiger partial charge in [-0.2, -0.15) is 0 Å². The first kappa shape index (κ1) is 67.6. The molecule has 0 unspecified atom stereocenters. The zero-order valence-corrected chi connectivity index (χ0v) is 42.8. The summed E-state index contributed by atoms with van der Waals surface area (Å²) in [5, 5.41) is 53.1. The van der Waals surface area contributed by atoms with Crippen molar-refractivity contribution in [3.05, 3.63) is 0 Å². The van der Waals surface area contributed by atoms with Crippen LogP contribution in [0, 0.1) is 17.8 Å². The van der Waals surface area contributed by atoms with Crippen molar-refractivity contribution in [2.45, 2.75) is 232 Å². The van der Waals surface area contributed by atoms with E-state index >= 15 is 0 Å². The van der Waals surface area contributed by atoms with Crippen LogP contribution in [0.1, 0.15) is 221 Å². The summed E-state index contributed by atoms with van der Waals surface area (Å²) >= 11 is 0. The Bertz CT molecular complexity index is 1630. The number of carboxylic acid groups (broad SMARTS) is 5. The molecule has 0 radical (unpaired) electrons. The number of primary amides is 1. The van der Waals surface area contributed by atoms with E-state index in [1.807, 2.05) is 0 Å². The lowest BCUT2D eigenvalue weighted by molar-refractivity contribution is -0.145. The SMILES string of the molecule is CC(=O)C[C@@H](CCC(=O)N[C@@H](CCC(=O)C[C@@H](CCC(=O)N[C@@H](CCC(=O)NCCCC[C@H](C)C(N)=O)C(=O)O)C(=O)O)C(=O)O)C(=O)O.CCCCCCCCCCCCCCCCCCCC(=O)O.[HH]. The maximum Gasteiger partial charge on any atom is 0.326 e. The second-order valence-corrected chi connectivity index (χ2v) is 18.7. The molecule has 0 saturated carbocycles. The van der Waals surface area contributed by atoms with Crippen LogP contribution in [0.15, 0.2) is 0 Å². The molecule has 10 N–H and O–H groups in total. The average molecular weight is 1020 g/mol. The van der Waals surface area contributed by atoms with Gasteiger partial charge in [-0.15, -0.1) is 0 Å². The van der Waals surface area contributed by atoms with Gasteiger partial charge in [-0.05, 0) is 51.9 Å². The fourth-order valence-electron chi connectivity index (χ4n) is 7.62. The summed E-state index contributed by atoms with van der Waals surface area (Å²) in [6.45, 7) is 5.47. The topological polar surface area (TPSA) is 351 Å². The van der Waals surface area contributed by atoms with Crippen LogP contribution in [-0.2, 0) is 52.7 Å². The van der Waals surface area contributed by atoms with Crippen LogP contribution in [0.4, 0.5) is 0 Å². The maximum absolute atomic E-state index is 12.5. The summed E-state index contributed by atoms with van der Waals surface area (Å²) in [7, 11) is 0. The van der Waals surface area contributed by atoms with E-state index in [4.69, 9.17) is 15.9 Å². The van der Waals surface area contributed by atoms with Crippen molar-refractivity contribution >= 4 is 65.0 Å². The van der Waals surface area contributed by atoms with E-state index in [1.165, 1.54) is 103 Å². The third-order valence-corrected chi connectivity index (χ3v) is 12.2. The van der Waals surface area contributed by atoms with E-state index in [-0.39, 0.29) is 45.9 Å². The van der Waals surface area contributed by atoms with Crippen molar-refractivity contribution in [2.75, 3.05) is 6.54 Å². The highest BCUT2D eigenvalue weighted by Gasteiger charge is 2.28. The highest BCUT2D eigenvalue weighted by Crippen LogP contribution is 2.18. The minimum absolute atomic E-state index is 0. The number of nitrogens with one attached hydrogen (secondary N) is 3. The van der Waals surface area contributed by atoms with Gasteiger partial charge in [0.25, 0.3) is 0 Å². The molecule has 71 heavy (non-hydrogen) atoms. The Labute approximate surface area is 421 Å². The molecule has 410 valence electrons. The summed E-state index contributed by atoms with van der Waals surface area (Å²) in [4.78, 5) is 128. The maximum atomic E-state index is 12.5. The largest absolute Gasteiger partial charge is 0.481 e. The van der Waals surface area contributed by atoms with Crippen LogP contribution in [0.5, 0.6) is 0 Å². The first-order chi connectivity index (χ1) is 33.6. The van der Waals surface area contributed by atoms with Gasteiger partial charge in [-0.1, -0.05) is 123 Å². The molecule has 0 aromatic carbocycles. The summed E-state index contributed by atoms with van der Waals surface area (Å²) in [6.07, 6.45) is 21.3. The Morgan fingerprint density at radius 2 is 0.845 bits per heavy atom. The average Bonchev–Trinajstić information content (AvgIpc) is 3.29. The van der Waals surface area contributed by atoms with Gasteiger partial charge in [-0.25, -0.2) is 9.59 Å². The highest BCUT2D eigenvalue weighted by molar-refractivity contribution is 5.88. The summed E-state index contributed by atoms with van der Waals surface area (Å²) in [5.41, 5.74) is 5.19. The van der Waals surface area contributed by atoms with Gasteiger partial charge >= 0.3 is 29.8 Å². The van der Waals surface area contributed by atoms with Crippen LogP contribution in [0.2, 0.25) is 0 Å². The number of amides is 4. The molecule has 0 spiro atoms. The third kappa shape index (κ3) is 42.0. The number of rotatable bonds is 46. The van der Waals surface area contributed by atoms with Gasteiger partial charge in [0.15, 0.2) is 0 Å². The molecule has 0 saturated heterocycles. The molecule has 20 nitrogen and oxygen atoms in total. The fourth-order valence-corrected chi connectivity index (χ4v) is 7.62. The molecule has 0 rings (SSSR count). The lowest BCUT2D eigenvalue weighted by atomic mass is 9.94. The van der Waals surface area contributed by atoms with Crippen LogP contribution in [0.3, 0.4) is 0 Å². The first-order valence-corrected chi connectivity index (χ1v) is 25.9. The van der Waals surface area contributed by atoms with E-state index in [9.17, 15) is 68.1 Å². The number of nitrogens with two attached hydrogens (primary N) is 1. The van der Waals surface area contributed by atoms with Gasteiger partial charge in [0.1, 0.15) is 23.7 Å². The van der Waals surface area contributed by atoms with Gasteiger partial charge in [0, 0.05) is 58.8 Å².